The van der Waals surface area contributed by atoms with E-state index in [9.17, 15) is 9.59 Å². The fourth-order valence-corrected chi connectivity index (χ4v) is 5.76. The third kappa shape index (κ3) is 3.69. The molecule has 0 aliphatic heterocycles. The van der Waals surface area contributed by atoms with Gasteiger partial charge in [0.25, 0.3) is 0 Å². The number of aromatic amines is 2. The van der Waals surface area contributed by atoms with E-state index >= 15 is 0 Å². The number of H-pyrrole nitrogens is 2. The highest BCUT2D eigenvalue weighted by molar-refractivity contribution is 6.20. The Bertz CT molecular complexity index is 2200. The Morgan fingerprint density at radius 3 is 1.36 bits per heavy atom. The van der Waals surface area contributed by atoms with Crippen LogP contribution in [0.3, 0.4) is 0 Å². The van der Waals surface area contributed by atoms with E-state index in [-0.39, 0.29) is 13.2 Å². The molecule has 0 bridgehead atoms. The number of para-hydroxylation sites is 4. The summed E-state index contributed by atoms with van der Waals surface area (Å²) >= 11 is 0. The molecule has 0 spiro atoms. The molecule has 8 nitrogen and oxygen atoms in total. The number of esters is 2. The first-order valence-corrected chi connectivity index (χ1v) is 13.6. The van der Waals surface area contributed by atoms with Crippen LogP contribution in [0.5, 0.6) is 0 Å². The lowest BCUT2D eigenvalue weighted by molar-refractivity contribution is 0.0270. The zero-order chi connectivity index (χ0) is 28.2. The maximum absolute atomic E-state index is 13.5. The highest BCUT2D eigenvalue weighted by atomic mass is 16.6. The Morgan fingerprint density at radius 2 is 0.905 bits per heavy atom. The van der Waals surface area contributed by atoms with Crippen molar-refractivity contribution < 1.29 is 19.1 Å². The molecule has 42 heavy (non-hydrogen) atoms. The van der Waals surface area contributed by atoms with Gasteiger partial charge in [-0.25, -0.2) is 19.6 Å². The first kappa shape index (κ1) is 24.1. The van der Waals surface area contributed by atoms with E-state index in [4.69, 9.17) is 19.4 Å². The molecular weight excluding hydrogens is 528 g/mol. The predicted molar refractivity (Wildman–Crippen MR) is 163 cm³/mol. The summed E-state index contributed by atoms with van der Waals surface area (Å²) in [6.45, 7) is -0.219. The van der Waals surface area contributed by atoms with Crippen molar-refractivity contribution in [3.8, 4) is 0 Å². The van der Waals surface area contributed by atoms with Crippen molar-refractivity contribution in [3.05, 3.63) is 108 Å². The molecular formula is C34H22N4O4. The van der Waals surface area contributed by atoms with Crippen molar-refractivity contribution in [1.29, 1.82) is 0 Å². The molecule has 8 heteroatoms. The van der Waals surface area contributed by atoms with Gasteiger partial charge in [-0.05, 0) is 24.3 Å². The molecule has 8 aromatic rings. The highest BCUT2D eigenvalue weighted by Gasteiger charge is 2.22. The minimum absolute atomic E-state index is 0.109. The van der Waals surface area contributed by atoms with Gasteiger partial charge in [0.15, 0.2) is 0 Å². The van der Waals surface area contributed by atoms with Gasteiger partial charge >= 0.3 is 11.9 Å². The van der Waals surface area contributed by atoms with Crippen LogP contribution in [0.2, 0.25) is 0 Å². The van der Waals surface area contributed by atoms with E-state index in [0.29, 0.717) is 55.0 Å². The molecule has 4 heterocycles. The number of pyridine rings is 2. The van der Waals surface area contributed by atoms with Crippen molar-refractivity contribution in [3.63, 3.8) is 0 Å². The second-order valence-corrected chi connectivity index (χ2v) is 10.1. The maximum Gasteiger partial charge on any atom is 0.341 e. The predicted octanol–water partition coefficient (Wildman–Crippen LogP) is 7.07. The van der Waals surface area contributed by atoms with Crippen LogP contribution in [-0.4, -0.2) is 45.1 Å². The third-order valence-electron chi connectivity index (χ3n) is 7.63. The Morgan fingerprint density at radius 1 is 0.524 bits per heavy atom. The van der Waals surface area contributed by atoms with Crippen LogP contribution in [0.25, 0.3) is 65.7 Å². The zero-order valence-electron chi connectivity index (χ0n) is 22.2. The summed E-state index contributed by atoms with van der Waals surface area (Å²) in [7, 11) is 0. The number of fused-ring (bicyclic) bond motifs is 8. The van der Waals surface area contributed by atoms with Gasteiger partial charge in [-0.3, -0.25) is 0 Å². The number of hydrogen-bond acceptors (Lipinski definition) is 6. The van der Waals surface area contributed by atoms with Crippen LogP contribution in [0, 0.1) is 0 Å². The number of carbonyl (C=O) groups excluding carboxylic acids is 2. The van der Waals surface area contributed by atoms with Gasteiger partial charge in [0, 0.05) is 32.6 Å². The lowest BCUT2D eigenvalue weighted by Gasteiger charge is -2.11. The summed E-state index contributed by atoms with van der Waals surface area (Å²) in [5.74, 6) is -1.04. The van der Waals surface area contributed by atoms with Crippen molar-refractivity contribution in [2.75, 3.05) is 13.2 Å². The molecule has 2 N–H and O–H groups in total. The van der Waals surface area contributed by atoms with Gasteiger partial charge in [0.2, 0.25) is 0 Å². The molecule has 0 aliphatic carbocycles. The summed E-state index contributed by atoms with van der Waals surface area (Å²) in [5, 5.41) is 3.22. The summed E-state index contributed by atoms with van der Waals surface area (Å²) < 4.78 is 11.3. The fourth-order valence-electron chi connectivity index (χ4n) is 5.76. The molecule has 4 aromatic carbocycles. The van der Waals surface area contributed by atoms with E-state index in [2.05, 4.69) is 9.97 Å². The third-order valence-corrected chi connectivity index (χ3v) is 7.63. The summed E-state index contributed by atoms with van der Waals surface area (Å²) in [6, 6.07) is 30.5. The minimum atomic E-state index is -0.520. The van der Waals surface area contributed by atoms with Gasteiger partial charge in [-0.2, -0.15) is 0 Å². The van der Waals surface area contributed by atoms with Crippen LogP contribution in [0.15, 0.2) is 97.1 Å². The molecule has 4 aromatic heterocycles. The molecule has 0 atom stereocenters. The Kier molecular flexibility index (Phi) is 5.40. The topological polar surface area (TPSA) is 110 Å². The van der Waals surface area contributed by atoms with E-state index in [1.54, 1.807) is 0 Å². The first-order chi connectivity index (χ1) is 20.7. The number of rotatable bonds is 5. The Labute approximate surface area is 237 Å². The van der Waals surface area contributed by atoms with Gasteiger partial charge in [-0.15, -0.1) is 0 Å². The average Bonchev–Trinajstić information content (AvgIpc) is 3.58. The molecule has 0 fully saturated rings. The van der Waals surface area contributed by atoms with Gasteiger partial charge in [0.05, 0.1) is 44.2 Å². The number of carbonyl (C=O) groups is 2. The van der Waals surface area contributed by atoms with Crippen LogP contribution in [0.1, 0.15) is 20.7 Å². The van der Waals surface area contributed by atoms with E-state index in [1.807, 2.05) is 97.1 Å². The van der Waals surface area contributed by atoms with Crippen LogP contribution in [0.4, 0.5) is 0 Å². The van der Waals surface area contributed by atoms with Crippen molar-refractivity contribution in [1.82, 2.24) is 19.9 Å². The smallest absolute Gasteiger partial charge is 0.341 e. The summed E-state index contributed by atoms with van der Waals surface area (Å²) in [4.78, 5) is 43.3. The Hall–Kier alpha value is -5.76. The monoisotopic (exact) mass is 550 g/mol. The van der Waals surface area contributed by atoms with Gasteiger partial charge in [-0.1, -0.05) is 72.8 Å². The lowest BCUT2D eigenvalue weighted by Crippen LogP contribution is -2.15. The molecule has 0 unspecified atom stereocenters. The second-order valence-electron chi connectivity index (χ2n) is 10.1. The second kappa shape index (κ2) is 9.42. The molecule has 0 saturated carbocycles. The largest absolute Gasteiger partial charge is 0.458 e. The molecule has 0 amide bonds. The van der Waals surface area contributed by atoms with Crippen molar-refractivity contribution in [2.24, 2.45) is 0 Å². The molecule has 202 valence electrons. The number of ether oxygens (including phenoxy) is 2. The minimum Gasteiger partial charge on any atom is -0.458 e. The number of hydrogen-bond donors (Lipinski definition) is 2. The van der Waals surface area contributed by atoms with Crippen molar-refractivity contribution >= 4 is 77.6 Å². The average molecular weight is 551 g/mol. The summed E-state index contributed by atoms with van der Waals surface area (Å²) in [6.07, 6.45) is 0. The van der Waals surface area contributed by atoms with E-state index in [1.165, 1.54) is 0 Å². The molecule has 0 radical (unpaired) electrons. The van der Waals surface area contributed by atoms with E-state index < -0.39 is 11.9 Å². The zero-order valence-corrected chi connectivity index (χ0v) is 22.2. The van der Waals surface area contributed by atoms with Crippen LogP contribution >= 0.6 is 0 Å². The number of benzene rings is 4. The normalized spacial score (nSPS) is 11.7. The fraction of sp³-hybridized carbons (Fsp3) is 0.0588. The first-order valence-electron chi connectivity index (χ1n) is 13.6. The Balaban J connectivity index is 1.09. The molecule has 0 saturated heterocycles. The van der Waals surface area contributed by atoms with Gasteiger partial charge < -0.3 is 19.4 Å². The quantitative estimate of drug-likeness (QED) is 0.175. The number of nitrogens with one attached hydrogen (secondary N) is 2. The number of aromatic nitrogens is 4. The number of nitrogens with zero attached hydrogens (tertiary/aromatic N) is 2. The SMILES string of the molecule is O=C(OCCOC(=O)c1c2ccccc2nc2c1[nH]c1ccccc12)c1c2ccccc2nc2c1[nH]c1ccccc12. The van der Waals surface area contributed by atoms with Crippen molar-refractivity contribution in [2.45, 2.75) is 0 Å². The maximum atomic E-state index is 13.5. The molecule has 8 rings (SSSR count). The molecule has 0 aliphatic rings. The van der Waals surface area contributed by atoms with Crippen LogP contribution in [-0.2, 0) is 9.47 Å². The lowest BCUT2D eigenvalue weighted by atomic mass is 10.1. The highest BCUT2D eigenvalue weighted by Crippen LogP contribution is 2.33. The summed E-state index contributed by atoms with van der Waals surface area (Å²) in [5.41, 5.74) is 6.58. The van der Waals surface area contributed by atoms with Crippen LogP contribution < -0.4 is 0 Å². The van der Waals surface area contributed by atoms with E-state index in [0.717, 1.165) is 21.8 Å². The van der Waals surface area contributed by atoms with Gasteiger partial charge in [0.1, 0.15) is 13.2 Å². The standard InChI is InChI=1S/C34H22N4O4/c39-33(27-19-9-1-5-13-23(19)35-29-21-11-3-7-15-25(21)37-31(27)29)41-17-18-42-34(40)28-20-10-2-6-14-24(20)36-30-22-12-4-8-16-26(22)38-32(28)30/h1-16,37-38H,17-18H2.